The second-order valence-electron chi connectivity index (χ2n) is 7.25. The van der Waals surface area contributed by atoms with Gasteiger partial charge in [-0.2, -0.15) is 0 Å². The van der Waals surface area contributed by atoms with E-state index >= 15 is 0 Å². The quantitative estimate of drug-likeness (QED) is 0.649. The maximum Gasteiger partial charge on any atom is 0.317 e. The predicted molar refractivity (Wildman–Crippen MR) is 85.6 cm³/mol. The molecule has 2 rings (SSSR count). The van der Waals surface area contributed by atoms with Crippen molar-refractivity contribution in [3.05, 3.63) is 0 Å². The molecule has 0 aromatic rings. The van der Waals surface area contributed by atoms with Crippen molar-refractivity contribution in [3.8, 4) is 0 Å². The second kappa shape index (κ2) is 7.95. The van der Waals surface area contributed by atoms with Crippen LogP contribution in [0.4, 0.5) is 0 Å². The number of nitrogens with zero attached hydrogens (tertiary/aromatic N) is 1. The van der Waals surface area contributed by atoms with Gasteiger partial charge in [0.1, 0.15) is 0 Å². The van der Waals surface area contributed by atoms with E-state index in [0.29, 0.717) is 24.3 Å². The maximum absolute atomic E-state index is 12.0. The summed E-state index contributed by atoms with van der Waals surface area (Å²) in [6.45, 7) is 5.30. The van der Waals surface area contributed by atoms with E-state index in [0.717, 1.165) is 32.2 Å². The Hall–Kier alpha value is -1.10. The van der Waals surface area contributed by atoms with E-state index in [2.05, 4.69) is 24.1 Å². The fourth-order valence-electron chi connectivity index (χ4n) is 3.35. The minimum atomic E-state index is -0.749. The summed E-state index contributed by atoms with van der Waals surface area (Å²) >= 11 is 0. The van der Waals surface area contributed by atoms with E-state index < -0.39 is 5.97 Å². The molecule has 22 heavy (non-hydrogen) atoms. The highest BCUT2D eigenvalue weighted by Crippen LogP contribution is 2.33. The zero-order valence-corrected chi connectivity index (χ0v) is 13.9. The third kappa shape index (κ3) is 5.59. The van der Waals surface area contributed by atoms with Crippen LogP contribution in [-0.4, -0.2) is 47.1 Å². The number of carbonyl (C=O) groups is 2. The van der Waals surface area contributed by atoms with Crippen LogP contribution in [0.2, 0.25) is 0 Å². The van der Waals surface area contributed by atoms with Gasteiger partial charge >= 0.3 is 5.97 Å². The number of rotatable bonds is 10. The van der Waals surface area contributed by atoms with Crippen LogP contribution >= 0.6 is 0 Å². The van der Waals surface area contributed by atoms with Crippen molar-refractivity contribution in [1.82, 2.24) is 10.2 Å². The Morgan fingerprint density at radius 1 is 1.32 bits per heavy atom. The average Bonchev–Trinajstić information content (AvgIpc) is 3.16. The van der Waals surface area contributed by atoms with E-state index in [-0.39, 0.29) is 18.5 Å². The Balaban J connectivity index is 1.68. The Labute approximate surface area is 133 Å². The van der Waals surface area contributed by atoms with Gasteiger partial charge in [0.05, 0.1) is 6.54 Å². The van der Waals surface area contributed by atoms with E-state index in [1.165, 1.54) is 12.8 Å². The lowest BCUT2D eigenvalue weighted by molar-refractivity contribution is -0.140. The minimum absolute atomic E-state index is 0.134. The first-order valence-corrected chi connectivity index (χ1v) is 8.73. The van der Waals surface area contributed by atoms with Gasteiger partial charge in [-0.25, -0.2) is 0 Å². The standard InChI is InChI=1S/C17H30N2O3/c1-3-4-12(2)7-16(20)18-14-8-15(9-14)19(11-17(21)22)10-13-5-6-13/h12-15H,3-11H2,1-2H3,(H,18,20)(H,21,22). The molecule has 0 heterocycles. The summed E-state index contributed by atoms with van der Waals surface area (Å²) in [5, 5.41) is 12.1. The summed E-state index contributed by atoms with van der Waals surface area (Å²) in [6.07, 6.45) is 7.08. The molecule has 5 nitrogen and oxygen atoms in total. The summed E-state index contributed by atoms with van der Waals surface area (Å²) < 4.78 is 0. The zero-order chi connectivity index (χ0) is 16.1. The third-order valence-electron chi connectivity index (χ3n) is 4.84. The summed E-state index contributed by atoms with van der Waals surface area (Å²) in [7, 11) is 0. The Kier molecular flexibility index (Phi) is 6.24. The molecule has 0 bridgehead atoms. The van der Waals surface area contributed by atoms with Gasteiger partial charge in [0.2, 0.25) is 5.91 Å². The van der Waals surface area contributed by atoms with Crippen LogP contribution in [0.15, 0.2) is 0 Å². The van der Waals surface area contributed by atoms with E-state index in [9.17, 15) is 9.59 Å². The highest BCUT2D eigenvalue weighted by atomic mass is 16.4. The monoisotopic (exact) mass is 310 g/mol. The lowest BCUT2D eigenvalue weighted by Crippen LogP contribution is -2.55. The highest BCUT2D eigenvalue weighted by molar-refractivity contribution is 5.76. The zero-order valence-electron chi connectivity index (χ0n) is 13.9. The van der Waals surface area contributed by atoms with Crippen LogP contribution < -0.4 is 5.32 Å². The molecule has 0 saturated heterocycles. The molecule has 2 fully saturated rings. The van der Waals surface area contributed by atoms with Gasteiger partial charge in [-0.15, -0.1) is 0 Å². The molecular weight excluding hydrogens is 280 g/mol. The van der Waals surface area contributed by atoms with Crippen molar-refractivity contribution in [3.63, 3.8) is 0 Å². The van der Waals surface area contributed by atoms with Crippen molar-refractivity contribution < 1.29 is 14.7 Å². The van der Waals surface area contributed by atoms with Gasteiger partial charge in [0.15, 0.2) is 0 Å². The highest BCUT2D eigenvalue weighted by Gasteiger charge is 2.37. The SMILES string of the molecule is CCCC(C)CC(=O)NC1CC(N(CC(=O)O)CC2CC2)C1. The fraction of sp³-hybridized carbons (Fsp3) is 0.882. The maximum atomic E-state index is 12.0. The molecule has 2 N–H and O–H groups in total. The predicted octanol–water partition coefficient (Wildman–Crippen LogP) is 2.26. The summed E-state index contributed by atoms with van der Waals surface area (Å²) in [5.74, 6) is 0.542. The van der Waals surface area contributed by atoms with Gasteiger partial charge in [-0.3, -0.25) is 14.5 Å². The van der Waals surface area contributed by atoms with E-state index in [1.54, 1.807) is 0 Å². The average molecular weight is 310 g/mol. The number of carboxylic acids is 1. The van der Waals surface area contributed by atoms with Gasteiger partial charge in [0.25, 0.3) is 0 Å². The molecular formula is C17H30N2O3. The number of hydrogen-bond acceptors (Lipinski definition) is 3. The van der Waals surface area contributed by atoms with Crippen LogP contribution in [0.1, 0.15) is 58.8 Å². The molecule has 1 amide bonds. The molecule has 2 aliphatic rings. The van der Waals surface area contributed by atoms with Crippen LogP contribution in [-0.2, 0) is 9.59 Å². The Bertz CT molecular complexity index is 389. The molecule has 126 valence electrons. The number of carbonyl (C=O) groups excluding carboxylic acids is 1. The first kappa shape index (κ1) is 17.3. The lowest BCUT2D eigenvalue weighted by Gasteiger charge is -2.42. The molecule has 0 aliphatic heterocycles. The molecule has 2 aliphatic carbocycles. The first-order chi connectivity index (χ1) is 10.5. The smallest absolute Gasteiger partial charge is 0.317 e. The molecule has 2 saturated carbocycles. The number of aliphatic carboxylic acids is 1. The van der Waals surface area contributed by atoms with Gasteiger partial charge in [-0.1, -0.05) is 26.7 Å². The molecule has 0 aromatic heterocycles. The van der Waals surface area contributed by atoms with Crippen molar-refractivity contribution in [2.75, 3.05) is 13.1 Å². The fourth-order valence-corrected chi connectivity index (χ4v) is 3.35. The molecule has 5 heteroatoms. The van der Waals surface area contributed by atoms with Crippen molar-refractivity contribution in [2.24, 2.45) is 11.8 Å². The second-order valence-corrected chi connectivity index (χ2v) is 7.25. The molecule has 1 atom stereocenters. The molecule has 1 unspecified atom stereocenters. The first-order valence-electron chi connectivity index (χ1n) is 8.73. The van der Waals surface area contributed by atoms with E-state index in [1.807, 2.05) is 0 Å². The largest absolute Gasteiger partial charge is 0.480 e. The number of hydrogen-bond donors (Lipinski definition) is 2. The molecule has 0 radical (unpaired) electrons. The third-order valence-corrected chi connectivity index (χ3v) is 4.84. The van der Waals surface area contributed by atoms with Gasteiger partial charge in [0, 0.05) is 25.0 Å². The number of nitrogens with one attached hydrogen (secondary N) is 1. The number of amides is 1. The molecule has 0 spiro atoms. The lowest BCUT2D eigenvalue weighted by atomic mass is 9.85. The van der Waals surface area contributed by atoms with Crippen molar-refractivity contribution >= 4 is 11.9 Å². The Morgan fingerprint density at radius 2 is 2.00 bits per heavy atom. The van der Waals surface area contributed by atoms with Crippen LogP contribution in [0.5, 0.6) is 0 Å². The van der Waals surface area contributed by atoms with Crippen LogP contribution in [0, 0.1) is 11.8 Å². The summed E-state index contributed by atoms with van der Waals surface area (Å²) in [4.78, 5) is 25.0. The molecule has 0 aromatic carbocycles. The topological polar surface area (TPSA) is 69.6 Å². The van der Waals surface area contributed by atoms with Crippen LogP contribution in [0.25, 0.3) is 0 Å². The summed E-state index contributed by atoms with van der Waals surface area (Å²) in [5.41, 5.74) is 0. The van der Waals surface area contributed by atoms with Gasteiger partial charge in [-0.05, 0) is 37.5 Å². The van der Waals surface area contributed by atoms with Crippen molar-refractivity contribution in [2.45, 2.75) is 70.9 Å². The number of carboxylic acid groups (broad SMARTS) is 1. The van der Waals surface area contributed by atoms with Crippen LogP contribution in [0.3, 0.4) is 0 Å². The van der Waals surface area contributed by atoms with Gasteiger partial charge < -0.3 is 10.4 Å². The Morgan fingerprint density at radius 3 is 2.55 bits per heavy atom. The summed E-state index contributed by atoms with van der Waals surface area (Å²) in [6, 6.07) is 0.567. The minimum Gasteiger partial charge on any atom is -0.480 e. The van der Waals surface area contributed by atoms with E-state index in [4.69, 9.17) is 5.11 Å². The normalized spacial score (nSPS) is 25.6. The van der Waals surface area contributed by atoms with Crippen molar-refractivity contribution in [1.29, 1.82) is 0 Å².